The first-order valence-corrected chi connectivity index (χ1v) is 5.55. The van der Waals surface area contributed by atoms with Crippen LogP contribution < -0.4 is 5.73 Å². The summed E-state index contributed by atoms with van der Waals surface area (Å²) in [5.41, 5.74) is 8.04. The lowest BCUT2D eigenvalue weighted by Gasteiger charge is -2.18. The SMILES string of the molecule is CN(Cc1ccc2ncoc2c1)CC(N)C(=O)O. The minimum absolute atomic E-state index is 0.295. The molecule has 0 saturated carbocycles. The molecule has 0 fully saturated rings. The number of carboxylic acids is 1. The average molecular weight is 249 g/mol. The summed E-state index contributed by atoms with van der Waals surface area (Å²) in [6.45, 7) is 0.904. The zero-order valence-electron chi connectivity index (χ0n) is 10.0. The molecule has 3 N–H and O–H groups in total. The zero-order chi connectivity index (χ0) is 13.1. The highest BCUT2D eigenvalue weighted by molar-refractivity contribution is 5.73. The first kappa shape index (κ1) is 12.5. The van der Waals surface area contributed by atoms with Gasteiger partial charge in [-0.25, -0.2) is 4.98 Å². The molecule has 1 unspecified atom stereocenters. The van der Waals surface area contributed by atoms with Crippen LogP contribution in [0, 0.1) is 0 Å². The van der Waals surface area contributed by atoms with Gasteiger partial charge in [0.05, 0.1) is 0 Å². The molecule has 0 radical (unpaired) electrons. The second kappa shape index (κ2) is 5.16. The Hall–Kier alpha value is -1.92. The Labute approximate surface area is 104 Å². The number of aliphatic carboxylic acids is 1. The van der Waals surface area contributed by atoms with E-state index in [0.717, 1.165) is 16.7 Å². The Morgan fingerprint density at radius 1 is 1.61 bits per heavy atom. The molecule has 0 aliphatic carbocycles. The van der Waals surface area contributed by atoms with Crippen LogP contribution in [0.1, 0.15) is 5.56 Å². The number of benzene rings is 1. The number of nitrogens with zero attached hydrogens (tertiary/aromatic N) is 2. The molecule has 6 nitrogen and oxygen atoms in total. The van der Waals surface area contributed by atoms with Gasteiger partial charge in [0.1, 0.15) is 11.6 Å². The number of hydrogen-bond donors (Lipinski definition) is 2. The largest absolute Gasteiger partial charge is 0.480 e. The van der Waals surface area contributed by atoms with Gasteiger partial charge in [0, 0.05) is 13.1 Å². The van der Waals surface area contributed by atoms with Crippen molar-refractivity contribution in [2.75, 3.05) is 13.6 Å². The number of carbonyl (C=O) groups is 1. The molecule has 0 spiro atoms. The van der Waals surface area contributed by atoms with Crippen molar-refractivity contribution in [3.63, 3.8) is 0 Å². The molecule has 2 rings (SSSR count). The van der Waals surface area contributed by atoms with Crippen LogP contribution in [0.2, 0.25) is 0 Å². The van der Waals surface area contributed by atoms with Gasteiger partial charge in [-0.15, -0.1) is 0 Å². The van der Waals surface area contributed by atoms with Crippen molar-refractivity contribution >= 4 is 17.1 Å². The second-order valence-corrected chi connectivity index (χ2v) is 4.30. The van der Waals surface area contributed by atoms with Gasteiger partial charge < -0.3 is 15.3 Å². The Balaban J connectivity index is 2.01. The predicted molar refractivity (Wildman–Crippen MR) is 66.0 cm³/mol. The van der Waals surface area contributed by atoms with Crippen molar-refractivity contribution in [1.29, 1.82) is 0 Å². The maximum atomic E-state index is 10.7. The van der Waals surface area contributed by atoms with Crippen molar-refractivity contribution in [3.8, 4) is 0 Å². The Morgan fingerprint density at radius 2 is 2.39 bits per heavy atom. The van der Waals surface area contributed by atoms with E-state index in [-0.39, 0.29) is 0 Å². The zero-order valence-corrected chi connectivity index (χ0v) is 10.0. The Bertz CT molecular complexity index is 552. The van der Waals surface area contributed by atoms with Gasteiger partial charge in [0.15, 0.2) is 12.0 Å². The summed E-state index contributed by atoms with van der Waals surface area (Å²) in [4.78, 5) is 16.5. The fraction of sp³-hybridized carbons (Fsp3) is 0.333. The lowest BCUT2D eigenvalue weighted by atomic mass is 10.2. The number of rotatable bonds is 5. The summed E-state index contributed by atoms with van der Waals surface area (Å²) in [6, 6.07) is 4.83. The molecule has 1 aromatic heterocycles. The van der Waals surface area contributed by atoms with Crippen LogP contribution in [0.4, 0.5) is 0 Å². The smallest absolute Gasteiger partial charge is 0.321 e. The molecule has 0 saturated heterocycles. The average Bonchev–Trinajstić information content (AvgIpc) is 2.75. The minimum atomic E-state index is -0.993. The Morgan fingerprint density at radius 3 is 3.11 bits per heavy atom. The van der Waals surface area contributed by atoms with Gasteiger partial charge in [-0.3, -0.25) is 9.69 Å². The molecule has 2 aromatic rings. The summed E-state index contributed by atoms with van der Waals surface area (Å²) in [6.07, 6.45) is 1.40. The number of nitrogens with two attached hydrogens (primary N) is 1. The first-order chi connectivity index (χ1) is 8.56. The van der Waals surface area contributed by atoms with E-state index in [4.69, 9.17) is 15.3 Å². The van der Waals surface area contributed by atoms with E-state index >= 15 is 0 Å². The number of carboxylic acid groups (broad SMARTS) is 1. The standard InChI is InChI=1S/C12H15N3O3/c1-15(6-9(13)12(16)17)5-8-2-3-10-11(4-8)18-7-14-10/h2-4,7,9H,5-6,13H2,1H3,(H,16,17). The maximum Gasteiger partial charge on any atom is 0.321 e. The molecule has 6 heteroatoms. The molecular formula is C12H15N3O3. The fourth-order valence-electron chi connectivity index (χ4n) is 1.79. The van der Waals surface area contributed by atoms with Gasteiger partial charge >= 0.3 is 5.97 Å². The molecule has 1 heterocycles. The second-order valence-electron chi connectivity index (χ2n) is 4.30. The van der Waals surface area contributed by atoms with Crippen molar-refractivity contribution in [2.45, 2.75) is 12.6 Å². The van der Waals surface area contributed by atoms with Crippen LogP contribution in [0.15, 0.2) is 29.0 Å². The third-order valence-electron chi connectivity index (χ3n) is 2.67. The van der Waals surface area contributed by atoms with E-state index in [1.54, 1.807) is 0 Å². The molecule has 96 valence electrons. The number of hydrogen-bond acceptors (Lipinski definition) is 5. The summed E-state index contributed by atoms with van der Waals surface area (Å²) in [5.74, 6) is -0.993. The lowest BCUT2D eigenvalue weighted by molar-refractivity contribution is -0.138. The van der Waals surface area contributed by atoms with E-state index in [1.807, 2.05) is 30.1 Å². The molecule has 0 amide bonds. The van der Waals surface area contributed by atoms with Crippen LogP contribution in [0.3, 0.4) is 0 Å². The highest BCUT2D eigenvalue weighted by Gasteiger charge is 2.14. The highest BCUT2D eigenvalue weighted by atomic mass is 16.4. The molecule has 1 atom stereocenters. The van der Waals surface area contributed by atoms with Crippen LogP contribution >= 0.6 is 0 Å². The van der Waals surface area contributed by atoms with Crippen LogP contribution in [0.5, 0.6) is 0 Å². The predicted octanol–water partition coefficient (Wildman–Crippen LogP) is 0.671. The lowest BCUT2D eigenvalue weighted by Crippen LogP contribution is -2.40. The molecular weight excluding hydrogens is 234 g/mol. The Kier molecular flexibility index (Phi) is 3.59. The van der Waals surface area contributed by atoms with Crippen LogP contribution in [-0.2, 0) is 11.3 Å². The topological polar surface area (TPSA) is 92.6 Å². The van der Waals surface area contributed by atoms with Crippen LogP contribution in [0.25, 0.3) is 11.1 Å². The van der Waals surface area contributed by atoms with Gasteiger partial charge in [0.2, 0.25) is 0 Å². The van der Waals surface area contributed by atoms with Gasteiger partial charge in [-0.1, -0.05) is 6.07 Å². The van der Waals surface area contributed by atoms with Crippen molar-refractivity contribution in [3.05, 3.63) is 30.2 Å². The molecule has 0 aliphatic heterocycles. The molecule has 0 bridgehead atoms. The quantitative estimate of drug-likeness (QED) is 0.809. The first-order valence-electron chi connectivity index (χ1n) is 5.55. The third-order valence-corrected chi connectivity index (χ3v) is 2.67. The molecule has 0 aliphatic rings. The monoisotopic (exact) mass is 249 g/mol. The summed E-state index contributed by atoms with van der Waals surface area (Å²) < 4.78 is 5.21. The van der Waals surface area contributed by atoms with Crippen LogP contribution in [-0.4, -0.2) is 40.6 Å². The minimum Gasteiger partial charge on any atom is -0.480 e. The summed E-state index contributed by atoms with van der Waals surface area (Å²) in [7, 11) is 1.83. The summed E-state index contributed by atoms with van der Waals surface area (Å²) >= 11 is 0. The van der Waals surface area contributed by atoms with Crippen molar-refractivity contribution in [1.82, 2.24) is 9.88 Å². The van der Waals surface area contributed by atoms with Gasteiger partial charge in [-0.05, 0) is 24.7 Å². The molecule has 1 aromatic carbocycles. The van der Waals surface area contributed by atoms with E-state index in [1.165, 1.54) is 6.39 Å². The van der Waals surface area contributed by atoms with Gasteiger partial charge in [-0.2, -0.15) is 0 Å². The third kappa shape index (κ3) is 2.85. The highest BCUT2D eigenvalue weighted by Crippen LogP contribution is 2.15. The van der Waals surface area contributed by atoms with Crippen molar-refractivity contribution in [2.24, 2.45) is 5.73 Å². The fourth-order valence-corrected chi connectivity index (χ4v) is 1.79. The maximum absolute atomic E-state index is 10.7. The number of aromatic nitrogens is 1. The van der Waals surface area contributed by atoms with Crippen molar-refractivity contribution < 1.29 is 14.3 Å². The number of fused-ring (bicyclic) bond motifs is 1. The normalized spacial score (nSPS) is 13.1. The molecule has 18 heavy (non-hydrogen) atoms. The van der Waals surface area contributed by atoms with E-state index in [0.29, 0.717) is 13.1 Å². The van der Waals surface area contributed by atoms with E-state index in [2.05, 4.69) is 4.98 Å². The van der Waals surface area contributed by atoms with E-state index in [9.17, 15) is 4.79 Å². The number of oxazole rings is 1. The summed E-state index contributed by atoms with van der Waals surface area (Å²) in [5, 5.41) is 8.74. The van der Waals surface area contributed by atoms with Gasteiger partial charge in [0.25, 0.3) is 0 Å². The van der Waals surface area contributed by atoms with E-state index < -0.39 is 12.0 Å². The number of likely N-dealkylation sites (N-methyl/N-ethyl adjacent to an activating group) is 1.